The van der Waals surface area contributed by atoms with Gasteiger partial charge in [-0.15, -0.1) is 0 Å². The second-order valence-corrected chi connectivity index (χ2v) is 3.00. The van der Waals surface area contributed by atoms with E-state index in [1.807, 2.05) is 0 Å². The van der Waals surface area contributed by atoms with Crippen molar-refractivity contribution in [2.45, 2.75) is 11.8 Å². The van der Waals surface area contributed by atoms with Crippen LogP contribution in [0.25, 0.3) is 0 Å². The Balaban J connectivity index is 3.31. The van der Waals surface area contributed by atoms with E-state index in [1.54, 1.807) is 0 Å². The van der Waals surface area contributed by atoms with Gasteiger partial charge in [-0.1, -0.05) is 15.9 Å². The Labute approximate surface area is 86.3 Å². The predicted octanol–water partition coefficient (Wildman–Crippen LogP) is 2.87. The van der Waals surface area contributed by atoms with Crippen LogP contribution >= 0.6 is 15.9 Å². The summed E-state index contributed by atoms with van der Waals surface area (Å²) < 4.78 is 37.5. The van der Waals surface area contributed by atoms with E-state index in [0.717, 1.165) is 0 Å². The smallest absolute Gasteiger partial charge is 0.266 e. The van der Waals surface area contributed by atoms with Crippen molar-refractivity contribution in [2.24, 2.45) is 0 Å². The van der Waals surface area contributed by atoms with Crippen LogP contribution in [0.2, 0.25) is 0 Å². The van der Waals surface area contributed by atoms with E-state index >= 15 is 0 Å². The van der Waals surface area contributed by atoms with Crippen LogP contribution in [-0.4, -0.2) is 11.3 Å². The second kappa shape index (κ2) is 4.54. The molecule has 0 saturated heterocycles. The molecule has 0 radical (unpaired) electrons. The van der Waals surface area contributed by atoms with Crippen molar-refractivity contribution < 1.29 is 18.0 Å². The van der Waals surface area contributed by atoms with E-state index in [-0.39, 0.29) is 17.3 Å². The van der Waals surface area contributed by atoms with Gasteiger partial charge in [0.05, 0.1) is 5.69 Å². The Kier molecular flexibility index (Phi) is 3.62. The lowest BCUT2D eigenvalue weighted by Gasteiger charge is -2.05. The van der Waals surface area contributed by atoms with Crippen molar-refractivity contribution in [1.29, 1.82) is 0 Å². The molecule has 0 saturated carbocycles. The zero-order valence-electron chi connectivity index (χ0n) is 6.81. The van der Waals surface area contributed by atoms with Crippen LogP contribution in [0.15, 0.2) is 6.07 Å². The lowest BCUT2D eigenvalue weighted by Crippen LogP contribution is -2.03. The molecule has 0 aliphatic rings. The van der Waals surface area contributed by atoms with E-state index in [9.17, 15) is 18.0 Å². The fourth-order valence-electron chi connectivity index (χ4n) is 0.920. The highest BCUT2D eigenvalue weighted by atomic mass is 79.9. The number of rotatable bonds is 3. The molecule has 14 heavy (non-hydrogen) atoms. The van der Waals surface area contributed by atoms with Crippen LogP contribution in [0.3, 0.4) is 0 Å². The van der Waals surface area contributed by atoms with Gasteiger partial charge in [0.15, 0.2) is 6.29 Å². The summed E-state index contributed by atoms with van der Waals surface area (Å²) in [5.74, 6) is -0.845. The van der Waals surface area contributed by atoms with Gasteiger partial charge in [0.1, 0.15) is 11.5 Å². The molecule has 0 aromatic carbocycles. The normalized spacial score (nSPS) is 10.6. The van der Waals surface area contributed by atoms with Crippen molar-refractivity contribution in [3.8, 4) is 0 Å². The molecular weight excluding hydrogens is 263 g/mol. The number of pyridine rings is 1. The second-order valence-electron chi connectivity index (χ2n) is 2.44. The fraction of sp³-hybridized carbons (Fsp3) is 0.250. The summed E-state index contributed by atoms with van der Waals surface area (Å²) in [6.45, 7) is 0. The third kappa shape index (κ3) is 2.12. The molecule has 1 aromatic heterocycles. The molecule has 1 heterocycles. The standard InChI is InChI=1S/C8H5BrF3NO/c9-2-6-5(10)1-4(8(11)12)7(3-14)13-6/h1,3,8H,2H2. The van der Waals surface area contributed by atoms with Gasteiger partial charge in [0.25, 0.3) is 6.43 Å². The Morgan fingerprint density at radius 2 is 2.21 bits per heavy atom. The highest BCUT2D eigenvalue weighted by molar-refractivity contribution is 9.08. The number of aromatic nitrogens is 1. The number of halogens is 4. The largest absolute Gasteiger partial charge is 0.296 e. The first-order valence-electron chi connectivity index (χ1n) is 3.58. The molecule has 0 N–H and O–H groups in total. The highest BCUT2D eigenvalue weighted by Gasteiger charge is 2.17. The predicted molar refractivity (Wildman–Crippen MR) is 47.2 cm³/mol. The van der Waals surface area contributed by atoms with E-state index in [2.05, 4.69) is 20.9 Å². The van der Waals surface area contributed by atoms with Crippen molar-refractivity contribution in [2.75, 3.05) is 0 Å². The minimum Gasteiger partial charge on any atom is -0.296 e. The van der Waals surface area contributed by atoms with Crippen molar-refractivity contribution >= 4 is 22.2 Å². The Morgan fingerprint density at radius 1 is 1.57 bits per heavy atom. The summed E-state index contributed by atoms with van der Waals surface area (Å²) in [6, 6.07) is 0.637. The van der Waals surface area contributed by atoms with Crippen LogP contribution in [0.4, 0.5) is 13.2 Å². The topological polar surface area (TPSA) is 30.0 Å². The quantitative estimate of drug-likeness (QED) is 0.623. The van der Waals surface area contributed by atoms with Crippen molar-refractivity contribution in [3.63, 3.8) is 0 Å². The average molecular weight is 268 g/mol. The third-order valence-electron chi connectivity index (χ3n) is 1.58. The summed E-state index contributed by atoms with van der Waals surface area (Å²) in [4.78, 5) is 13.8. The molecule has 0 aliphatic carbocycles. The molecule has 0 fully saturated rings. The average Bonchev–Trinajstić information content (AvgIpc) is 2.17. The monoisotopic (exact) mass is 267 g/mol. The minimum absolute atomic E-state index is 0.0588. The van der Waals surface area contributed by atoms with E-state index < -0.39 is 23.5 Å². The molecule has 0 spiro atoms. The van der Waals surface area contributed by atoms with Crippen LogP contribution in [0, 0.1) is 5.82 Å². The van der Waals surface area contributed by atoms with Crippen molar-refractivity contribution in [3.05, 3.63) is 28.8 Å². The van der Waals surface area contributed by atoms with Crippen LogP contribution < -0.4 is 0 Å². The van der Waals surface area contributed by atoms with E-state index in [0.29, 0.717) is 6.07 Å². The molecule has 0 bridgehead atoms. The lowest BCUT2D eigenvalue weighted by atomic mass is 10.2. The molecule has 0 unspecified atom stereocenters. The van der Waals surface area contributed by atoms with Crippen LogP contribution in [-0.2, 0) is 5.33 Å². The number of hydrogen-bond donors (Lipinski definition) is 0. The van der Waals surface area contributed by atoms with Gasteiger partial charge in [-0.05, 0) is 6.07 Å². The summed E-state index contributed by atoms with van der Waals surface area (Å²) in [5, 5.41) is 0.0726. The van der Waals surface area contributed by atoms with Crippen LogP contribution in [0.5, 0.6) is 0 Å². The summed E-state index contributed by atoms with van der Waals surface area (Å²) >= 11 is 2.93. The fourth-order valence-corrected chi connectivity index (χ4v) is 1.31. The summed E-state index contributed by atoms with van der Waals surface area (Å²) in [7, 11) is 0. The first-order chi connectivity index (χ1) is 6.60. The van der Waals surface area contributed by atoms with Gasteiger partial charge >= 0.3 is 0 Å². The molecule has 2 nitrogen and oxygen atoms in total. The molecule has 0 amide bonds. The van der Waals surface area contributed by atoms with Gasteiger partial charge in [-0.3, -0.25) is 4.79 Å². The lowest BCUT2D eigenvalue weighted by molar-refractivity contribution is 0.110. The number of carbonyl (C=O) groups excluding carboxylic acids is 1. The van der Waals surface area contributed by atoms with E-state index in [1.165, 1.54) is 0 Å². The van der Waals surface area contributed by atoms with Crippen molar-refractivity contribution in [1.82, 2.24) is 4.98 Å². The SMILES string of the molecule is O=Cc1nc(CBr)c(F)cc1C(F)F. The molecule has 6 heteroatoms. The van der Waals surface area contributed by atoms with Gasteiger partial charge in [0, 0.05) is 10.9 Å². The van der Waals surface area contributed by atoms with Gasteiger partial charge in [-0.25, -0.2) is 18.2 Å². The summed E-state index contributed by atoms with van der Waals surface area (Å²) in [5.41, 5.74) is -1.16. The van der Waals surface area contributed by atoms with Gasteiger partial charge in [-0.2, -0.15) is 0 Å². The zero-order valence-corrected chi connectivity index (χ0v) is 8.39. The number of carbonyl (C=O) groups is 1. The number of alkyl halides is 3. The third-order valence-corrected chi connectivity index (χ3v) is 2.11. The maximum absolute atomic E-state index is 13.0. The molecule has 0 atom stereocenters. The van der Waals surface area contributed by atoms with Crippen LogP contribution in [0.1, 0.15) is 28.2 Å². The molecule has 76 valence electrons. The summed E-state index contributed by atoms with van der Waals surface area (Å²) in [6.07, 6.45) is -2.71. The number of nitrogens with zero attached hydrogens (tertiary/aromatic N) is 1. The molecule has 1 aromatic rings. The Bertz CT molecular complexity index is 357. The first kappa shape index (κ1) is 11.2. The van der Waals surface area contributed by atoms with Gasteiger partial charge < -0.3 is 0 Å². The maximum atomic E-state index is 13.0. The number of aldehydes is 1. The first-order valence-corrected chi connectivity index (χ1v) is 4.71. The zero-order chi connectivity index (χ0) is 10.7. The Morgan fingerprint density at radius 3 is 2.64 bits per heavy atom. The minimum atomic E-state index is -2.90. The molecular formula is C8H5BrF3NO. The molecule has 0 aliphatic heterocycles. The highest BCUT2D eigenvalue weighted by Crippen LogP contribution is 2.23. The maximum Gasteiger partial charge on any atom is 0.266 e. The van der Waals surface area contributed by atoms with E-state index in [4.69, 9.17) is 0 Å². The number of hydrogen-bond acceptors (Lipinski definition) is 2. The molecule has 1 rings (SSSR count). The van der Waals surface area contributed by atoms with Gasteiger partial charge in [0.2, 0.25) is 0 Å². The Hall–Kier alpha value is -0.910.